The van der Waals surface area contributed by atoms with Gasteiger partial charge >= 0.3 is 0 Å². The molecule has 0 atom stereocenters. The van der Waals surface area contributed by atoms with Gasteiger partial charge in [-0.3, -0.25) is 0 Å². The summed E-state index contributed by atoms with van der Waals surface area (Å²) < 4.78 is 11.1. The van der Waals surface area contributed by atoms with Crippen molar-refractivity contribution in [2.24, 2.45) is 0 Å². The minimum atomic E-state index is 0.294. The van der Waals surface area contributed by atoms with E-state index in [0.29, 0.717) is 18.2 Å². The molecule has 0 unspecified atom stereocenters. The molecule has 0 amide bonds. The molecule has 31 heavy (non-hydrogen) atoms. The summed E-state index contributed by atoms with van der Waals surface area (Å²) in [7, 11) is 1.65. The maximum absolute atomic E-state index is 9.54. The predicted octanol–water partition coefficient (Wildman–Crippen LogP) is 4.50. The fraction of sp³-hybridized carbons (Fsp3) is 0.320. The fourth-order valence-electron chi connectivity index (χ4n) is 4.03. The Hall–Kier alpha value is -3.41. The summed E-state index contributed by atoms with van der Waals surface area (Å²) in [6, 6.07) is 17.6. The third-order valence-electron chi connectivity index (χ3n) is 5.66. The second-order valence-electron chi connectivity index (χ2n) is 7.62. The number of phenolic OH excluding ortho intramolecular Hbond substituents is 1. The Morgan fingerprint density at radius 1 is 0.935 bits per heavy atom. The van der Waals surface area contributed by atoms with Gasteiger partial charge in [0.15, 0.2) is 0 Å². The van der Waals surface area contributed by atoms with Crippen LogP contribution in [0.4, 0.5) is 11.4 Å². The van der Waals surface area contributed by atoms with Gasteiger partial charge in [0.2, 0.25) is 5.88 Å². The molecule has 4 rings (SSSR count). The maximum atomic E-state index is 9.54. The van der Waals surface area contributed by atoms with E-state index in [1.807, 2.05) is 31.2 Å². The average Bonchev–Trinajstić information content (AvgIpc) is 2.80. The lowest BCUT2D eigenvalue weighted by Gasteiger charge is -2.38. The van der Waals surface area contributed by atoms with E-state index in [-0.39, 0.29) is 0 Å². The summed E-state index contributed by atoms with van der Waals surface area (Å²) >= 11 is 0. The number of methoxy groups -OCH3 is 1. The molecule has 0 bridgehead atoms. The summed E-state index contributed by atoms with van der Waals surface area (Å²) in [5.41, 5.74) is 5.37. The molecular weight excluding hydrogens is 390 g/mol. The van der Waals surface area contributed by atoms with E-state index in [0.717, 1.165) is 60.1 Å². The average molecular weight is 420 g/mol. The molecule has 1 saturated heterocycles. The highest BCUT2D eigenvalue weighted by atomic mass is 16.5. The molecule has 0 radical (unpaired) electrons. The zero-order chi connectivity index (χ0) is 21.8. The second-order valence-corrected chi connectivity index (χ2v) is 7.62. The minimum Gasteiger partial charge on any atom is -0.508 e. The number of aryl methyl sites for hydroxylation is 1. The lowest BCUT2D eigenvalue weighted by atomic mass is 10.0. The van der Waals surface area contributed by atoms with Gasteiger partial charge in [0.05, 0.1) is 25.1 Å². The third kappa shape index (κ3) is 4.53. The van der Waals surface area contributed by atoms with Crippen LogP contribution in [-0.4, -0.2) is 50.0 Å². The second kappa shape index (κ2) is 9.16. The Kier molecular flexibility index (Phi) is 6.16. The van der Waals surface area contributed by atoms with E-state index < -0.39 is 0 Å². The molecule has 6 heteroatoms. The van der Waals surface area contributed by atoms with E-state index >= 15 is 0 Å². The molecule has 1 fully saturated rings. The molecule has 0 saturated carbocycles. The van der Waals surface area contributed by atoms with Gasteiger partial charge in [0, 0.05) is 43.5 Å². The Bertz CT molecular complexity index is 1030. The molecule has 1 aliphatic rings. The van der Waals surface area contributed by atoms with Crippen molar-refractivity contribution in [3.8, 4) is 28.6 Å². The van der Waals surface area contributed by atoms with Gasteiger partial charge in [0.1, 0.15) is 11.5 Å². The monoisotopic (exact) mass is 419 g/mol. The molecule has 2 heterocycles. The van der Waals surface area contributed by atoms with E-state index in [2.05, 4.69) is 34.9 Å². The first-order valence-electron chi connectivity index (χ1n) is 10.7. The van der Waals surface area contributed by atoms with E-state index in [9.17, 15) is 5.11 Å². The highest BCUT2D eigenvalue weighted by molar-refractivity contribution is 5.78. The highest BCUT2D eigenvalue weighted by Crippen LogP contribution is 2.35. The summed E-state index contributed by atoms with van der Waals surface area (Å²) in [6.45, 7) is 8.30. The van der Waals surface area contributed by atoms with Gasteiger partial charge < -0.3 is 24.4 Å². The summed E-state index contributed by atoms with van der Waals surface area (Å²) in [6.07, 6.45) is 0. The van der Waals surface area contributed by atoms with Crippen molar-refractivity contribution in [1.29, 1.82) is 0 Å². The summed E-state index contributed by atoms with van der Waals surface area (Å²) in [4.78, 5) is 9.54. The molecule has 6 nitrogen and oxygen atoms in total. The lowest BCUT2D eigenvalue weighted by Crippen LogP contribution is -2.46. The number of pyridine rings is 1. The molecule has 2 aromatic carbocycles. The van der Waals surface area contributed by atoms with Crippen LogP contribution in [0.1, 0.15) is 12.5 Å². The number of aromatic nitrogens is 1. The zero-order valence-electron chi connectivity index (χ0n) is 18.3. The van der Waals surface area contributed by atoms with Crippen LogP contribution in [0.2, 0.25) is 0 Å². The fourth-order valence-corrected chi connectivity index (χ4v) is 4.03. The van der Waals surface area contributed by atoms with Crippen LogP contribution in [0.3, 0.4) is 0 Å². The van der Waals surface area contributed by atoms with Crippen LogP contribution in [0.15, 0.2) is 54.6 Å². The van der Waals surface area contributed by atoms with Crippen LogP contribution in [0.25, 0.3) is 11.3 Å². The van der Waals surface area contributed by atoms with Gasteiger partial charge in [-0.2, -0.15) is 0 Å². The van der Waals surface area contributed by atoms with Crippen molar-refractivity contribution < 1.29 is 14.6 Å². The van der Waals surface area contributed by atoms with Gasteiger partial charge in [-0.05, 0) is 67.9 Å². The zero-order valence-corrected chi connectivity index (χ0v) is 18.3. The third-order valence-corrected chi connectivity index (χ3v) is 5.66. The van der Waals surface area contributed by atoms with Gasteiger partial charge in [-0.1, -0.05) is 0 Å². The van der Waals surface area contributed by atoms with Crippen LogP contribution in [-0.2, 0) is 0 Å². The van der Waals surface area contributed by atoms with Gasteiger partial charge in [-0.25, -0.2) is 4.98 Å². The van der Waals surface area contributed by atoms with Crippen molar-refractivity contribution >= 4 is 11.4 Å². The first-order valence-corrected chi connectivity index (χ1v) is 10.7. The molecule has 1 aromatic heterocycles. The van der Waals surface area contributed by atoms with Crippen LogP contribution in [0.5, 0.6) is 17.4 Å². The van der Waals surface area contributed by atoms with Crippen LogP contribution >= 0.6 is 0 Å². The SMILES string of the molecule is CCOc1ccc(-c2nc(OC)ccc2N2CCN(c3ccc(O)cc3)CC2)c(C)c1. The van der Waals surface area contributed by atoms with Gasteiger partial charge in [0.25, 0.3) is 0 Å². The molecule has 162 valence electrons. The Labute approximate surface area is 183 Å². The number of aromatic hydroxyl groups is 1. The standard InChI is InChI=1S/C25H29N3O3/c1-4-31-21-9-10-22(18(2)17-21)25-23(11-12-24(26-25)30-3)28-15-13-27(14-16-28)19-5-7-20(29)8-6-19/h5-12,17,29H,4,13-16H2,1-3H3. The number of piperazine rings is 1. The van der Waals surface area contributed by atoms with Gasteiger partial charge in [-0.15, -0.1) is 0 Å². The molecular formula is C25H29N3O3. The number of hydrogen-bond donors (Lipinski definition) is 1. The lowest BCUT2D eigenvalue weighted by molar-refractivity contribution is 0.340. The smallest absolute Gasteiger partial charge is 0.213 e. The number of ether oxygens (including phenoxy) is 2. The molecule has 1 N–H and O–H groups in total. The normalized spacial score (nSPS) is 13.9. The largest absolute Gasteiger partial charge is 0.508 e. The van der Waals surface area contributed by atoms with Crippen LogP contribution < -0.4 is 19.3 Å². The van der Waals surface area contributed by atoms with Crippen molar-refractivity contribution in [2.75, 3.05) is 49.7 Å². The first kappa shape index (κ1) is 20.8. The molecule has 3 aromatic rings. The van der Waals surface area contributed by atoms with Crippen LogP contribution in [0, 0.1) is 6.92 Å². The number of anilines is 2. The summed E-state index contributed by atoms with van der Waals surface area (Å²) in [5.74, 6) is 1.77. The predicted molar refractivity (Wildman–Crippen MR) is 125 cm³/mol. The minimum absolute atomic E-state index is 0.294. The molecule has 1 aliphatic heterocycles. The number of rotatable bonds is 6. The first-order chi connectivity index (χ1) is 15.1. The Morgan fingerprint density at radius 2 is 1.65 bits per heavy atom. The molecule has 0 aliphatic carbocycles. The number of benzene rings is 2. The van der Waals surface area contributed by atoms with E-state index in [4.69, 9.17) is 14.5 Å². The number of phenols is 1. The van der Waals surface area contributed by atoms with E-state index in [1.54, 1.807) is 19.2 Å². The van der Waals surface area contributed by atoms with Crippen molar-refractivity contribution in [3.63, 3.8) is 0 Å². The molecule has 0 spiro atoms. The Morgan fingerprint density at radius 3 is 2.29 bits per heavy atom. The van der Waals surface area contributed by atoms with Crippen molar-refractivity contribution in [3.05, 3.63) is 60.2 Å². The quantitative estimate of drug-likeness (QED) is 0.635. The van der Waals surface area contributed by atoms with E-state index in [1.165, 1.54) is 0 Å². The number of hydrogen-bond acceptors (Lipinski definition) is 6. The van der Waals surface area contributed by atoms with Crippen molar-refractivity contribution in [1.82, 2.24) is 4.98 Å². The Balaban J connectivity index is 1.60. The topological polar surface area (TPSA) is 58.1 Å². The summed E-state index contributed by atoms with van der Waals surface area (Å²) in [5, 5.41) is 9.54. The van der Waals surface area contributed by atoms with Crippen molar-refractivity contribution in [2.45, 2.75) is 13.8 Å². The maximum Gasteiger partial charge on any atom is 0.213 e. The number of nitrogens with zero attached hydrogens (tertiary/aromatic N) is 3. The highest BCUT2D eigenvalue weighted by Gasteiger charge is 2.22.